The number of aromatic hydroxyl groups is 1. The maximum atomic E-state index is 11.1. The number of phenols is 1. The number of hydrogen-bond donors (Lipinski definition) is 1. The summed E-state index contributed by atoms with van der Waals surface area (Å²) >= 11 is 6.37. The molecule has 0 aliphatic heterocycles. The normalized spacial score (nSPS) is 11.6. The van der Waals surface area contributed by atoms with Crippen LogP contribution >= 0.6 is 11.6 Å². The van der Waals surface area contributed by atoms with Gasteiger partial charge in [-0.25, -0.2) is 0 Å². The number of aromatic nitrogens is 2. The van der Waals surface area contributed by atoms with Crippen LogP contribution in [0.25, 0.3) is 34.0 Å². The van der Waals surface area contributed by atoms with Crippen LogP contribution in [0.15, 0.2) is 65.2 Å². The fourth-order valence-electron chi connectivity index (χ4n) is 3.42. The lowest BCUT2D eigenvalue weighted by molar-refractivity contribution is 0.425. The maximum Gasteiger partial charge on any atom is 0.262 e. The molecule has 4 nitrogen and oxygen atoms in total. The minimum Gasteiger partial charge on any atom is -0.506 e. The molecule has 1 aromatic heterocycles. The van der Waals surface area contributed by atoms with Crippen LogP contribution in [0.4, 0.5) is 0 Å². The Hall–Kier alpha value is -3.11. The first kappa shape index (κ1) is 20.2. The summed E-state index contributed by atoms with van der Waals surface area (Å²) in [5.74, 6) is 0.764. The van der Waals surface area contributed by atoms with Crippen molar-refractivity contribution in [3.63, 3.8) is 0 Å². The smallest absolute Gasteiger partial charge is 0.262 e. The molecule has 0 bridgehead atoms. The Balaban J connectivity index is 1.90. The molecule has 5 heteroatoms. The molecule has 0 spiro atoms. The lowest BCUT2D eigenvalue weighted by atomic mass is 9.83. The fraction of sp³-hybridized carbons (Fsp3) is 0.200. The van der Waals surface area contributed by atoms with Gasteiger partial charge in [0.1, 0.15) is 5.75 Å². The van der Waals surface area contributed by atoms with E-state index in [1.165, 1.54) is 0 Å². The Morgan fingerprint density at radius 3 is 2.30 bits per heavy atom. The van der Waals surface area contributed by atoms with Gasteiger partial charge in [-0.15, -0.1) is 0 Å². The third kappa shape index (κ3) is 3.71. The quantitative estimate of drug-likeness (QED) is 0.387. The van der Waals surface area contributed by atoms with Crippen molar-refractivity contribution >= 4 is 11.6 Å². The van der Waals surface area contributed by atoms with E-state index in [1.54, 1.807) is 6.07 Å². The van der Waals surface area contributed by atoms with Crippen molar-refractivity contribution in [3.05, 3.63) is 76.8 Å². The van der Waals surface area contributed by atoms with Crippen molar-refractivity contribution < 1.29 is 9.63 Å². The molecule has 4 rings (SSSR count). The average Bonchev–Trinajstić information content (AvgIpc) is 3.17. The first-order chi connectivity index (χ1) is 14.3. The van der Waals surface area contributed by atoms with E-state index in [0.717, 1.165) is 27.8 Å². The molecule has 1 N–H and O–H groups in total. The summed E-state index contributed by atoms with van der Waals surface area (Å²) in [6.45, 7) is 8.33. The Kier molecular flexibility index (Phi) is 5.12. The van der Waals surface area contributed by atoms with Crippen LogP contribution in [-0.4, -0.2) is 15.2 Å². The van der Waals surface area contributed by atoms with E-state index < -0.39 is 0 Å². The zero-order valence-corrected chi connectivity index (χ0v) is 18.2. The lowest BCUT2D eigenvalue weighted by Gasteiger charge is -2.22. The van der Waals surface area contributed by atoms with E-state index in [1.807, 2.05) is 61.5 Å². The molecule has 0 radical (unpaired) electrons. The Morgan fingerprint density at radius 1 is 0.933 bits per heavy atom. The number of aryl methyl sites for hydroxylation is 1. The Bertz CT molecular complexity index is 1190. The molecule has 4 aromatic rings. The van der Waals surface area contributed by atoms with Gasteiger partial charge in [0.2, 0.25) is 5.82 Å². The minimum atomic E-state index is -0.131. The monoisotopic (exact) mass is 418 g/mol. The Labute approximate surface area is 181 Å². The molecule has 1 heterocycles. The summed E-state index contributed by atoms with van der Waals surface area (Å²) in [7, 11) is 0. The van der Waals surface area contributed by atoms with Crippen LogP contribution in [0, 0.1) is 6.92 Å². The SMILES string of the molecule is Cc1cccc(Cl)c1-c1noc(-c2cc(C(C)(C)C)cc(-c3ccccc3)c2O)n1. The van der Waals surface area contributed by atoms with Crippen molar-refractivity contribution in [2.45, 2.75) is 33.1 Å². The van der Waals surface area contributed by atoms with Crippen molar-refractivity contribution in [1.82, 2.24) is 10.1 Å². The summed E-state index contributed by atoms with van der Waals surface area (Å²) in [6, 6.07) is 19.3. The van der Waals surface area contributed by atoms with E-state index in [0.29, 0.717) is 16.4 Å². The van der Waals surface area contributed by atoms with Crippen molar-refractivity contribution in [1.29, 1.82) is 0 Å². The molecule has 152 valence electrons. The number of benzene rings is 3. The number of nitrogens with zero attached hydrogens (tertiary/aromatic N) is 2. The molecule has 0 saturated carbocycles. The standard InChI is InChI=1S/C25H23ClN2O2/c1-15-9-8-12-20(26)21(15)23-27-24(30-28-23)19-14-17(25(2,3)4)13-18(22(19)29)16-10-6-5-7-11-16/h5-14,29H,1-4H3. The van der Waals surface area contributed by atoms with E-state index in [9.17, 15) is 5.11 Å². The van der Waals surface area contributed by atoms with Gasteiger partial charge in [-0.2, -0.15) is 4.98 Å². The van der Waals surface area contributed by atoms with Gasteiger partial charge in [-0.05, 0) is 47.2 Å². The third-order valence-corrected chi connectivity index (χ3v) is 5.48. The van der Waals surface area contributed by atoms with Crippen LogP contribution in [0.1, 0.15) is 31.9 Å². The molecule has 30 heavy (non-hydrogen) atoms. The van der Waals surface area contributed by atoms with E-state index in [-0.39, 0.29) is 17.1 Å². The second-order valence-corrected chi connectivity index (χ2v) is 8.80. The highest BCUT2D eigenvalue weighted by Crippen LogP contribution is 2.42. The fourth-order valence-corrected chi connectivity index (χ4v) is 3.72. The molecule has 0 saturated heterocycles. The third-order valence-electron chi connectivity index (χ3n) is 5.16. The van der Waals surface area contributed by atoms with Crippen LogP contribution in [0.5, 0.6) is 5.75 Å². The summed E-state index contributed by atoms with van der Waals surface area (Å²) < 4.78 is 5.57. The summed E-state index contributed by atoms with van der Waals surface area (Å²) in [5, 5.41) is 15.8. The zero-order valence-electron chi connectivity index (χ0n) is 17.4. The van der Waals surface area contributed by atoms with Gasteiger partial charge in [-0.3, -0.25) is 0 Å². The lowest BCUT2D eigenvalue weighted by Crippen LogP contribution is -2.11. The predicted octanol–water partition coefficient (Wildman–Crippen LogP) is 7.04. The number of phenolic OH excluding ortho intramolecular Hbond substituents is 1. The van der Waals surface area contributed by atoms with Gasteiger partial charge < -0.3 is 9.63 Å². The molecular weight excluding hydrogens is 396 g/mol. The average molecular weight is 419 g/mol. The topological polar surface area (TPSA) is 59.2 Å². The molecule has 0 unspecified atom stereocenters. The van der Waals surface area contributed by atoms with Crippen LogP contribution < -0.4 is 0 Å². The first-order valence-electron chi connectivity index (χ1n) is 9.78. The van der Waals surface area contributed by atoms with Gasteiger partial charge in [0.05, 0.1) is 10.6 Å². The van der Waals surface area contributed by atoms with Gasteiger partial charge in [0.15, 0.2) is 0 Å². The molecular formula is C25H23ClN2O2. The highest BCUT2D eigenvalue weighted by molar-refractivity contribution is 6.33. The van der Waals surface area contributed by atoms with Gasteiger partial charge >= 0.3 is 0 Å². The largest absolute Gasteiger partial charge is 0.506 e. The summed E-state index contributed by atoms with van der Waals surface area (Å²) in [6.07, 6.45) is 0. The summed E-state index contributed by atoms with van der Waals surface area (Å²) in [5.41, 5.74) is 4.76. The van der Waals surface area contributed by atoms with Gasteiger partial charge in [0, 0.05) is 11.1 Å². The summed E-state index contributed by atoms with van der Waals surface area (Å²) in [4.78, 5) is 4.57. The number of halogens is 1. The molecule has 0 aliphatic rings. The van der Waals surface area contributed by atoms with Gasteiger partial charge in [0.25, 0.3) is 5.89 Å². The van der Waals surface area contributed by atoms with Crippen LogP contribution in [-0.2, 0) is 5.41 Å². The van der Waals surface area contributed by atoms with Crippen molar-refractivity contribution in [2.75, 3.05) is 0 Å². The first-order valence-corrected chi connectivity index (χ1v) is 10.2. The minimum absolute atomic E-state index is 0.111. The highest BCUT2D eigenvalue weighted by atomic mass is 35.5. The van der Waals surface area contributed by atoms with Gasteiger partial charge in [-0.1, -0.05) is 80.0 Å². The van der Waals surface area contributed by atoms with E-state index >= 15 is 0 Å². The second-order valence-electron chi connectivity index (χ2n) is 8.39. The molecule has 0 atom stereocenters. The Morgan fingerprint density at radius 2 is 1.63 bits per heavy atom. The highest BCUT2D eigenvalue weighted by Gasteiger charge is 2.24. The number of hydrogen-bond acceptors (Lipinski definition) is 4. The maximum absolute atomic E-state index is 11.1. The second kappa shape index (κ2) is 7.62. The molecule has 0 amide bonds. The van der Waals surface area contributed by atoms with Crippen molar-refractivity contribution in [3.8, 4) is 39.7 Å². The van der Waals surface area contributed by atoms with E-state index in [2.05, 4.69) is 30.9 Å². The molecule has 3 aromatic carbocycles. The number of rotatable bonds is 3. The van der Waals surface area contributed by atoms with Crippen molar-refractivity contribution in [2.24, 2.45) is 0 Å². The predicted molar refractivity (Wildman–Crippen MR) is 121 cm³/mol. The molecule has 0 aliphatic carbocycles. The molecule has 0 fully saturated rings. The van der Waals surface area contributed by atoms with Crippen LogP contribution in [0.2, 0.25) is 5.02 Å². The zero-order chi connectivity index (χ0) is 21.5. The van der Waals surface area contributed by atoms with E-state index in [4.69, 9.17) is 16.1 Å². The van der Waals surface area contributed by atoms with Crippen LogP contribution in [0.3, 0.4) is 0 Å².